The normalized spacial score (nSPS) is 25.1. The molecule has 13 heavy (non-hydrogen) atoms. The van der Waals surface area contributed by atoms with Crippen molar-refractivity contribution in [1.82, 2.24) is 5.32 Å². The van der Waals surface area contributed by atoms with Crippen molar-refractivity contribution in [1.29, 1.82) is 5.26 Å². The first-order valence-electron chi connectivity index (χ1n) is 4.70. The SMILES string of the molecule is CCC(C#N)OCC1CNCCO1. The second-order valence-electron chi connectivity index (χ2n) is 3.06. The maximum absolute atomic E-state index is 8.62. The van der Waals surface area contributed by atoms with Crippen molar-refractivity contribution in [2.75, 3.05) is 26.3 Å². The fourth-order valence-electron chi connectivity index (χ4n) is 1.20. The molecule has 2 unspecified atom stereocenters. The molecule has 2 atom stereocenters. The van der Waals surface area contributed by atoms with Crippen LogP contribution < -0.4 is 5.32 Å². The Hall–Kier alpha value is -0.630. The molecule has 0 aromatic heterocycles. The van der Waals surface area contributed by atoms with Crippen LogP contribution in [0.15, 0.2) is 0 Å². The molecule has 0 aromatic carbocycles. The van der Waals surface area contributed by atoms with Crippen LogP contribution in [-0.2, 0) is 9.47 Å². The Morgan fingerprint density at radius 1 is 1.77 bits per heavy atom. The van der Waals surface area contributed by atoms with E-state index in [4.69, 9.17) is 14.7 Å². The van der Waals surface area contributed by atoms with Gasteiger partial charge in [-0.1, -0.05) is 6.92 Å². The third kappa shape index (κ3) is 3.73. The van der Waals surface area contributed by atoms with E-state index in [1.54, 1.807) is 0 Å². The van der Waals surface area contributed by atoms with Crippen LogP contribution >= 0.6 is 0 Å². The van der Waals surface area contributed by atoms with Crippen LogP contribution in [0.5, 0.6) is 0 Å². The zero-order valence-electron chi connectivity index (χ0n) is 7.95. The highest BCUT2D eigenvalue weighted by Crippen LogP contribution is 2.01. The molecular weight excluding hydrogens is 168 g/mol. The molecule has 0 spiro atoms. The number of nitrogens with zero attached hydrogens (tertiary/aromatic N) is 1. The Morgan fingerprint density at radius 2 is 2.62 bits per heavy atom. The molecule has 4 heteroatoms. The van der Waals surface area contributed by atoms with Gasteiger partial charge >= 0.3 is 0 Å². The first-order valence-corrected chi connectivity index (χ1v) is 4.70. The van der Waals surface area contributed by atoms with Gasteiger partial charge in [0.05, 0.1) is 25.4 Å². The number of ether oxygens (including phenoxy) is 2. The molecule has 0 bridgehead atoms. The molecule has 1 saturated heterocycles. The molecule has 1 N–H and O–H groups in total. The Kier molecular flexibility index (Phi) is 4.76. The van der Waals surface area contributed by atoms with Crippen molar-refractivity contribution in [3.8, 4) is 6.07 Å². The third-order valence-corrected chi connectivity index (χ3v) is 2.00. The highest BCUT2D eigenvalue weighted by molar-refractivity contribution is 4.83. The number of rotatable bonds is 4. The Labute approximate surface area is 78.8 Å². The Bertz CT molecular complexity index is 173. The molecule has 0 radical (unpaired) electrons. The number of nitrogens with one attached hydrogen (secondary N) is 1. The zero-order valence-corrected chi connectivity index (χ0v) is 7.95. The van der Waals surface area contributed by atoms with E-state index < -0.39 is 0 Å². The molecule has 1 fully saturated rings. The highest BCUT2D eigenvalue weighted by atomic mass is 16.5. The number of nitriles is 1. The van der Waals surface area contributed by atoms with Crippen LogP contribution in [0.25, 0.3) is 0 Å². The van der Waals surface area contributed by atoms with Gasteiger partial charge in [-0.05, 0) is 6.42 Å². The highest BCUT2D eigenvalue weighted by Gasteiger charge is 2.15. The first-order chi connectivity index (χ1) is 6.36. The molecule has 0 saturated carbocycles. The Balaban J connectivity index is 2.13. The van der Waals surface area contributed by atoms with E-state index in [1.165, 1.54) is 0 Å². The second kappa shape index (κ2) is 5.92. The van der Waals surface area contributed by atoms with Gasteiger partial charge in [0.1, 0.15) is 6.10 Å². The number of hydrogen-bond donors (Lipinski definition) is 1. The van der Waals surface area contributed by atoms with Gasteiger partial charge in [-0.15, -0.1) is 0 Å². The molecule has 0 aliphatic carbocycles. The minimum absolute atomic E-state index is 0.108. The van der Waals surface area contributed by atoms with Gasteiger partial charge in [0.2, 0.25) is 0 Å². The van der Waals surface area contributed by atoms with E-state index in [-0.39, 0.29) is 12.2 Å². The lowest BCUT2D eigenvalue weighted by Crippen LogP contribution is -2.41. The summed E-state index contributed by atoms with van der Waals surface area (Å²) in [4.78, 5) is 0. The monoisotopic (exact) mass is 184 g/mol. The van der Waals surface area contributed by atoms with Crippen molar-refractivity contribution < 1.29 is 9.47 Å². The van der Waals surface area contributed by atoms with Crippen LogP contribution in [0.1, 0.15) is 13.3 Å². The molecule has 1 aliphatic rings. The summed E-state index contributed by atoms with van der Waals surface area (Å²) in [5, 5.41) is 11.8. The van der Waals surface area contributed by atoms with E-state index >= 15 is 0 Å². The molecule has 4 nitrogen and oxygen atoms in total. The van der Waals surface area contributed by atoms with Crippen molar-refractivity contribution >= 4 is 0 Å². The lowest BCUT2D eigenvalue weighted by Gasteiger charge is -2.24. The van der Waals surface area contributed by atoms with Gasteiger partial charge in [-0.2, -0.15) is 5.26 Å². The minimum Gasteiger partial charge on any atom is -0.373 e. The molecule has 1 heterocycles. The molecule has 1 rings (SSSR count). The summed E-state index contributed by atoms with van der Waals surface area (Å²) >= 11 is 0. The third-order valence-electron chi connectivity index (χ3n) is 2.00. The van der Waals surface area contributed by atoms with Crippen molar-refractivity contribution in [2.24, 2.45) is 0 Å². The van der Waals surface area contributed by atoms with Gasteiger partial charge in [0.25, 0.3) is 0 Å². The van der Waals surface area contributed by atoms with Gasteiger partial charge in [0.15, 0.2) is 0 Å². The summed E-state index contributed by atoms with van der Waals surface area (Å²) in [5.74, 6) is 0. The standard InChI is InChI=1S/C9H16N2O2/c1-2-8(5-10)13-7-9-6-11-3-4-12-9/h8-9,11H,2-4,6-7H2,1H3. The van der Waals surface area contributed by atoms with Crippen LogP contribution in [0.2, 0.25) is 0 Å². The van der Waals surface area contributed by atoms with E-state index in [0.717, 1.165) is 26.1 Å². The van der Waals surface area contributed by atoms with Gasteiger partial charge in [-0.3, -0.25) is 0 Å². The maximum atomic E-state index is 8.62. The molecule has 0 aromatic rings. The molecule has 1 aliphatic heterocycles. The van der Waals surface area contributed by atoms with Crippen LogP contribution in [0, 0.1) is 11.3 Å². The second-order valence-corrected chi connectivity index (χ2v) is 3.06. The van der Waals surface area contributed by atoms with Crippen molar-refractivity contribution in [2.45, 2.75) is 25.6 Å². The van der Waals surface area contributed by atoms with Gasteiger partial charge in [0, 0.05) is 13.1 Å². The average molecular weight is 184 g/mol. The quantitative estimate of drug-likeness (QED) is 0.682. The van der Waals surface area contributed by atoms with E-state index in [0.29, 0.717) is 6.61 Å². The maximum Gasteiger partial charge on any atom is 0.143 e. The summed E-state index contributed by atoms with van der Waals surface area (Å²) < 4.78 is 10.8. The van der Waals surface area contributed by atoms with Crippen molar-refractivity contribution in [3.05, 3.63) is 0 Å². The number of morpholine rings is 1. The van der Waals surface area contributed by atoms with E-state index in [1.807, 2.05) is 6.92 Å². The summed E-state index contributed by atoms with van der Waals surface area (Å²) in [6.07, 6.45) is 0.554. The average Bonchev–Trinajstić information content (AvgIpc) is 2.21. The Morgan fingerprint density at radius 3 is 3.15 bits per heavy atom. The zero-order chi connectivity index (χ0) is 9.52. The summed E-state index contributed by atoms with van der Waals surface area (Å²) in [7, 11) is 0. The predicted molar refractivity (Wildman–Crippen MR) is 48.3 cm³/mol. The lowest BCUT2D eigenvalue weighted by molar-refractivity contribution is -0.0439. The fraction of sp³-hybridized carbons (Fsp3) is 0.889. The fourth-order valence-corrected chi connectivity index (χ4v) is 1.20. The van der Waals surface area contributed by atoms with Crippen LogP contribution in [0.3, 0.4) is 0 Å². The van der Waals surface area contributed by atoms with Gasteiger partial charge < -0.3 is 14.8 Å². The molecule has 74 valence electrons. The summed E-state index contributed by atoms with van der Waals surface area (Å²) in [6, 6.07) is 2.09. The lowest BCUT2D eigenvalue weighted by atomic mass is 10.3. The number of hydrogen-bond acceptors (Lipinski definition) is 4. The molecular formula is C9H16N2O2. The minimum atomic E-state index is -0.287. The topological polar surface area (TPSA) is 54.3 Å². The van der Waals surface area contributed by atoms with Crippen LogP contribution in [0.4, 0.5) is 0 Å². The van der Waals surface area contributed by atoms with E-state index in [2.05, 4.69) is 11.4 Å². The molecule has 0 amide bonds. The largest absolute Gasteiger partial charge is 0.373 e. The van der Waals surface area contributed by atoms with E-state index in [9.17, 15) is 0 Å². The predicted octanol–water partition coefficient (Wildman–Crippen LogP) is 0.294. The van der Waals surface area contributed by atoms with Crippen LogP contribution in [-0.4, -0.2) is 38.5 Å². The first kappa shape index (κ1) is 10.5. The summed E-state index contributed by atoms with van der Waals surface area (Å²) in [5.41, 5.74) is 0. The van der Waals surface area contributed by atoms with Gasteiger partial charge in [-0.25, -0.2) is 0 Å². The summed E-state index contributed by atoms with van der Waals surface area (Å²) in [6.45, 7) is 4.91. The smallest absolute Gasteiger partial charge is 0.143 e. The van der Waals surface area contributed by atoms with Crippen molar-refractivity contribution in [3.63, 3.8) is 0 Å².